The molecule has 4 nitrogen and oxygen atoms in total. The smallest absolute Gasteiger partial charge is 0.232 e. The number of aryl methyl sites for hydroxylation is 2. The molecule has 0 aliphatic carbocycles. The summed E-state index contributed by atoms with van der Waals surface area (Å²) in [7, 11) is 0. The van der Waals surface area contributed by atoms with Gasteiger partial charge in [0, 0.05) is 6.54 Å². The Morgan fingerprint density at radius 3 is 2.46 bits per heavy atom. The van der Waals surface area contributed by atoms with E-state index in [-0.39, 0.29) is 11.5 Å². The van der Waals surface area contributed by atoms with Crippen LogP contribution in [0.3, 0.4) is 0 Å². The Morgan fingerprint density at radius 1 is 1.11 bits per heavy atom. The van der Waals surface area contributed by atoms with Crippen LogP contribution in [0.15, 0.2) is 36.1 Å². The molecule has 0 aromatic heterocycles. The molecular weight excluding hydrogens is 350 g/mol. The fraction of sp³-hybridized carbons (Fsp3) is 0.375. The molecule has 0 spiro atoms. The molecular formula is C24H29NO3. The minimum Gasteiger partial charge on any atom is -0.507 e. The summed E-state index contributed by atoms with van der Waals surface area (Å²) in [4.78, 5) is 15.3. The van der Waals surface area contributed by atoms with Crippen molar-refractivity contribution in [1.29, 1.82) is 0 Å². The Kier molecular flexibility index (Phi) is 6.20. The first-order valence-corrected chi connectivity index (χ1v) is 10.0. The standard InChI is InChI=1S/C24H29NO3/c1-5-10-25(11-6-2)15-19-20(26)13-17(4)22-23(27)21(28-24(19)22)14-18-9-7-8-16(3)12-18/h7-9,12-14,26H,5-6,10-11,15H2,1-4H3/b21-14+. The second-order valence-electron chi connectivity index (χ2n) is 7.53. The van der Waals surface area contributed by atoms with Crippen LogP contribution in [0.4, 0.5) is 0 Å². The minimum atomic E-state index is -0.118. The molecule has 0 unspecified atom stereocenters. The van der Waals surface area contributed by atoms with Crippen molar-refractivity contribution in [2.75, 3.05) is 13.1 Å². The zero-order chi connectivity index (χ0) is 20.3. The number of allylic oxidation sites excluding steroid dienone is 1. The van der Waals surface area contributed by atoms with E-state index in [4.69, 9.17) is 4.74 Å². The van der Waals surface area contributed by atoms with Crippen molar-refractivity contribution in [1.82, 2.24) is 4.90 Å². The molecule has 0 saturated heterocycles. The molecule has 1 heterocycles. The number of carbonyl (C=O) groups is 1. The Balaban J connectivity index is 2.00. The Morgan fingerprint density at radius 2 is 1.82 bits per heavy atom. The van der Waals surface area contributed by atoms with Gasteiger partial charge >= 0.3 is 0 Å². The molecule has 0 fully saturated rings. The fourth-order valence-electron chi connectivity index (χ4n) is 3.77. The van der Waals surface area contributed by atoms with Crippen molar-refractivity contribution >= 4 is 11.9 Å². The average Bonchev–Trinajstić information content (AvgIpc) is 2.95. The monoisotopic (exact) mass is 379 g/mol. The van der Waals surface area contributed by atoms with Crippen molar-refractivity contribution in [3.8, 4) is 11.5 Å². The molecule has 4 heteroatoms. The fourth-order valence-corrected chi connectivity index (χ4v) is 3.77. The number of carbonyl (C=O) groups excluding carboxylic acids is 1. The van der Waals surface area contributed by atoms with E-state index in [0.717, 1.165) is 42.6 Å². The summed E-state index contributed by atoms with van der Waals surface area (Å²) in [6, 6.07) is 9.63. The van der Waals surface area contributed by atoms with E-state index in [1.165, 1.54) is 0 Å². The van der Waals surface area contributed by atoms with Crippen LogP contribution in [0.1, 0.15) is 59.3 Å². The lowest BCUT2D eigenvalue weighted by atomic mass is 9.99. The second-order valence-corrected chi connectivity index (χ2v) is 7.53. The van der Waals surface area contributed by atoms with E-state index >= 15 is 0 Å². The molecule has 0 bridgehead atoms. The molecule has 3 rings (SSSR count). The van der Waals surface area contributed by atoms with Gasteiger partial charge in [-0.1, -0.05) is 43.7 Å². The summed E-state index contributed by atoms with van der Waals surface area (Å²) in [6.45, 7) is 10.6. The van der Waals surface area contributed by atoms with Gasteiger partial charge in [-0.3, -0.25) is 9.69 Å². The number of aromatic hydroxyl groups is 1. The largest absolute Gasteiger partial charge is 0.507 e. The number of ether oxygens (including phenoxy) is 1. The molecule has 1 N–H and O–H groups in total. The number of ketones is 1. The van der Waals surface area contributed by atoms with Crippen molar-refractivity contribution in [2.45, 2.75) is 47.1 Å². The van der Waals surface area contributed by atoms with Gasteiger partial charge in [-0.2, -0.15) is 0 Å². The Hall–Kier alpha value is -2.59. The van der Waals surface area contributed by atoms with Crippen LogP contribution < -0.4 is 4.74 Å². The predicted octanol–water partition coefficient (Wildman–Crippen LogP) is 5.25. The molecule has 28 heavy (non-hydrogen) atoms. The van der Waals surface area contributed by atoms with Gasteiger partial charge in [0.1, 0.15) is 11.5 Å². The maximum atomic E-state index is 13.0. The molecule has 0 amide bonds. The lowest BCUT2D eigenvalue weighted by molar-refractivity contribution is 0.101. The topological polar surface area (TPSA) is 49.8 Å². The van der Waals surface area contributed by atoms with E-state index < -0.39 is 0 Å². The molecule has 1 aliphatic rings. The molecule has 1 aliphatic heterocycles. The third kappa shape index (κ3) is 4.12. The zero-order valence-corrected chi connectivity index (χ0v) is 17.2. The first-order valence-electron chi connectivity index (χ1n) is 10.0. The third-order valence-corrected chi connectivity index (χ3v) is 5.02. The van der Waals surface area contributed by atoms with Crippen LogP contribution in [-0.4, -0.2) is 28.9 Å². The van der Waals surface area contributed by atoms with E-state index in [9.17, 15) is 9.90 Å². The highest BCUT2D eigenvalue weighted by molar-refractivity contribution is 6.15. The number of rotatable bonds is 7. The minimum absolute atomic E-state index is 0.118. The lowest BCUT2D eigenvalue weighted by Gasteiger charge is -2.22. The van der Waals surface area contributed by atoms with Crippen molar-refractivity contribution in [3.05, 3.63) is 63.9 Å². The van der Waals surface area contributed by atoms with Crippen LogP contribution in [0.5, 0.6) is 11.5 Å². The summed E-state index contributed by atoms with van der Waals surface area (Å²) >= 11 is 0. The highest BCUT2D eigenvalue weighted by Crippen LogP contribution is 2.42. The van der Waals surface area contributed by atoms with Crippen LogP contribution in [0.2, 0.25) is 0 Å². The van der Waals surface area contributed by atoms with Crippen molar-refractivity contribution < 1.29 is 14.6 Å². The number of benzene rings is 2. The van der Waals surface area contributed by atoms with Gasteiger partial charge in [-0.05, 0) is 63.0 Å². The molecule has 0 saturated carbocycles. The molecule has 2 aromatic carbocycles. The number of nitrogens with zero attached hydrogens (tertiary/aromatic N) is 1. The molecule has 0 radical (unpaired) electrons. The highest BCUT2D eigenvalue weighted by atomic mass is 16.5. The number of Topliss-reactive ketones (excluding diaryl/α,β-unsaturated/α-hetero) is 1. The van der Waals surface area contributed by atoms with Gasteiger partial charge in [0.25, 0.3) is 0 Å². The summed E-state index contributed by atoms with van der Waals surface area (Å²) in [6.07, 6.45) is 3.85. The SMILES string of the molecule is CCCN(CCC)Cc1c(O)cc(C)c2c1O/C(=C/c1cccc(C)c1)C2=O. The van der Waals surface area contributed by atoms with Crippen LogP contribution in [-0.2, 0) is 6.54 Å². The first kappa shape index (κ1) is 20.2. The quantitative estimate of drug-likeness (QED) is 0.668. The first-order chi connectivity index (χ1) is 13.4. The third-order valence-electron chi connectivity index (χ3n) is 5.02. The molecule has 0 atom stereocenters. The normalized spacial score (nSPS) is 14.6. The molecule has 2 aromatic rings. The summed E-state index contributed by atoms with van der Waals surface area (Å²) in [5.41, 5.74) is 4.06. The summed E-state index contributed by atoms with van der Waals surface area (Å²) < 4.78 is 6.04. The van der Waals surface area contributed by atoms with Gasteiger partial charge in [0.05, 0.1) is 11.1 Å². The second kappa shape index (κ2) is 8.61. The number of fused-ring (bicyclic) bond motifs is 1. The Bertz CT molecular complexity index is 908. The maximum Gasteiger partial charge on any atom is 0.232 e. The Labute approximate surface area is 167 Å². The predicted molar refractivity (Wildman–Crippen MR) is 113 cm³/mol. The highest BCUT2D eigenvalue weighted by Gasteiger charge is 2.33. The van der Waals surface area contributed by atoms with Gasteiger partial charge in [0.2, 0.25) is 5.78 Å². The number of hydrogen-bond donors (Lipinski definition) is 1. The summed E-state index contributed by atoms with van der Waals surface area (Å²) in [5.74, 6) is 0.901. The number of phenols is 1. The van der Waals surface area contributed by atoms with Crippen LogP contribution >= 0.6 is 0 Å². The maximum absolute atomic E-state index is 13.0. The van der Waals surface area contributed by atoms with E-state index in [1.54, 1.807) is 12.1 Å². The van der Waals surface area contributed by atoms with Gasteiger partial charge in [-0.15, -0.1) is 0 Å². The molecule has 148 valence electrons. The number of phenolic OH excluding ortho intramolecular Hbond substituents is 1. The van der Waals surface area contributed by atoms with Gasteiger partial charge < -0.3 is 9.84 Å². The van der Waals surface area contributed by atoms with Crippen molar-refractivity contribution in [2.24, 2.45) is 0 Å². The zero-order valence-electron chi connectivity index (χ0n) is 17.2. The van der Waals surface area contributed by atoms with Crippen LogP contribution in [0, 0.1) is 13.8 Å². The van der Waals surface area contributed by atoms with Gasteiger partial charge in [0.15, 0.2) is 5.76 Å². The van der Waals surface area contributed by atoms with Crippen LogP contribution in [0.25, 0.3) is 6.08 Å². The summed E-state index contributed by atoms with van der Waals surface area (Å²) in [5, 5.41) is 10.6. The average molecular weight is 380 g/mol. The lowest BCUT2D eigenvalue weighted by Crippen LogP contribution is -2.25. The van der Waals surface area contributed by atoms with Crippen molar-refractivity contribution in [3.63, 3.8) is 0 Å². The van der Waals surface area contributed by atoms with E-state index in [1.807, 2.05) is 38.1 Å². The number of hydrogen-bond acceptors (Lipinski definition) is 4. The van der Waals surface area contributed by atoms with Gasteiger partial charge in [-0.25, -0.2) is 0 Å². The van der Waals surface area contributed by atoms with E-state index in [2.05, 4.69) is 18.7 Å². The van der Waals surface area contributed by atoms with E-state index in [0.29, 0.717) is 29.2 Å².